The number of rotatable bonds is 6. The van der Waals surface area contributed by atoms with Gasteiger partial charge in [-0.25, -0.2) is 9.67 Å². The number of carbonyl (C=O) groups excluding carboxylic acids is 1. The van der Waals surface area contributed by atoms with Crippen LogP contribution in [0.5, 0.6) is 0 Å². The Hall–Kier alpha value is -2.89. The number of benzene rings is 1. The second-order valence-electron chi connectivity index (χ2n) is 6.09. The van der Waals surface area contributed by atoms with Crippen LogP contribution in [0.1, 0.15) is 29.2 Å². The summed E-state index contributed by atoms with van der Waals surface area (Å²) in [6.07, 6.45) is 5.74. The molecule has 0 bridgehead atoms. The summed E-state index contributed by atoms with van der Waals surface area (Å²) in [4.78, 5) is 16.2. The number of carbonyl (C=O) groups is 1. The predicted octanol–water partition coefficient (Wildman–Crippen LogP) is 2.34. The highest BCUT2D eigenvalue weighted by molar-refractivity contribution is 5.82. The molecule has 0 saturated heterocycles. The van der Waals surface area contributed by atoms with Crippen LogP contribution in [0.2, 0.25) is 0 Å². The zero-order valence-corrected chi connectivity index (χ0v) is 13.1. The fraction of sp³-hybridized carbons (Fsp3) is 0.278. The van der Waals surface area contributed by atoms with Crippen molar-refractivity contribution in [3.05, 3.63) is 72.2 Å². The lowest BCUT2D eigenvalue weighted by Gasteiger charge is -2.07. The fourth-order valence-electron chi connectivity index (χ4n) is 2.96. The van der Waals surface area contributed by atoms with Crippen molar-refractivity contribution in [2.75, 3.05) is 0 Å². The molecule has 1 aliphatic carbocycles. The maximum absolute atomic E-state index is 12.3. The van der Waals surface area contributed by atoms with E-state index < -0.39 is 0 Å². The van der Waals surface area contributed by atoms with Crippen LogP contribution in [0.25, 0.3) is 0 Å². The van der Waals surface area contributed by atoms with Gasteiger partial charge >= 0.3 is 0 Å². The smallest absolute Gasteiger partial charge is 0.224 e. The van der Waals surface area contributed by atoms with Crippen molar-refractivity contribution in [1.29, 1.82) is 0 Å². The first-order valence-electron chi connectivity index (χ1n) is 8.01. The molecule has 1 saturated carbocycles. The molecule has 1 N–H and O–H groups in total. The van der Waals surface area contributed by atoms with Gasteiger partial charge < -0.3 is 9.73 Å². The summed E-state index contributed by atoms with van der Waals surface area (Å²) in [6, 6.07) is 11.9. The Morgan fingerprint density at radius 1 is 1.29 bits per heavy atom. The summed E-state index contributed by atoms with van der Waals surface area (Å²) < 4.78 is 7.15. The van der Waals surface area contributed by atoms with Crippen molar-refractivity contribution < 1.29 is 9.21 Å². The normalized spacial score (nSPS) is 19.2. The Bertz CT molecular complexity index is 811. The third-order valence-electron chi connectivity index (χ3n) is 4.31. The van der Waals surface area contributed by atoms with Gasteiger partial charge in [0.2, 0.25) is 5.91 Å². The Morgan fingerprint density at radius 2 is 2.21 bits per heavy atom. The van der Waals surface area contributed by atoms with Crippen LogP contribution in [0.4, 0.5) is 0 Å². The van der Waals surface area contributed by atoms with E-state index in [1.54, 1.807) is 17.3 Å². The Morgan fingerprint density at radius 3 is 3.00 bits per heavy atom. The number of aromatic nitrogens is 3. The average Bonchev–Trinajstić information content (AvgIpc) is 3.00. The van der Waals surface area contributed by atoms with Gasteiger partial charge in [-0.2, -0.15) is 5.10 Å². The van der Waals surface area contributed by atoms with Crippen molar-refractivity contribution in [3.8, 4) is 0 Å². The summed E-state index contributed by atoms with van der Waals surface area (Å²) in [5, 5.41) is 7.13. The summed E-state index contributed by atoms with van der Waals surface area (Å²) in [5.41, 5.74) is 2.21. The topological polar surface area (TPSA) is 73.0 Å². The summed E-state index contributed by atoms with van der Waals surface area (Å²) >= 11 is 0. The molecule has 2 atom stereocenters. The van der Waals surface area contributed by atoms with E-state index in [2.05, 4.69) is 21.5 Å². The number of nitrogens with zero attached hydrogens (tertiary/aromatic N) is 3. The molecule has 6 nitrogen and oxygen atoms in total. The van der Waals surface area contributed by atoms with Gasteiger partial charge in [0.1, 0.15) is 18.4 Å². The van der Waals surface area contributed by atoms with Crippen LogP contribution in [0, 0.1) is 5.92 Å². The Balaban J connectivity index is 1.32. The van der Waals surface area contributed by atoms with E-state index in [9.17, 15) is 4.79 Å². The van der Waals surface area contributed by atoms with Crippen molar-refractivity contribution in [1.82, 2.24) is 20.1 Å². The van der Waals surface area contributed by atoms with E-state index in [-0.39, 0.29) is 17.7 Å². The highest BCUT2D eigenvalue weighted by atomic mass is 16.3. The van der Waals surface area contributed by atoms with Crippen LogP contribution < -0.4 is 5.32 Å². The zero-order chi connectivity index (χ0) is 16.4. The molecule has 0 radical (unpaired) electrons. The van der Waals surface area contributed by atoms with Gasteiger partial charge in [-0.05, 0) is 29.7 Å². The van der Waals surface area contributed by atoms with E-state index in [1.165, 1.54) is 6.33 Å². The molecule has 0 aliphatic heterocycles. The van der Waals surface area contributed by atoms with E-state index in [0.29, 0.717) is 13.1 Å². The fourth-order valence-corrected chi connectivity index (χ4v) is 2.96. The molecule has 0 spiro atoms. The lowest BCUT2D eigenvalue weighted by atomic mass is 10.1. The van der Waals surface area contributed by atoms with Gasteiger partial charge in [-0.15, -0.1) is 0 Å². The molecular formula is C18H18N4O2. The van der Waals surface area contributed by atoms with Gasteiger partial charge in [-0.1, -0.05) is 24.3 Å². The van der Waals surface area contributed by atoms with Crippen molar-refractivity contribution in [2.24, 2.45) is 5.92 Å². The van der Waals surface area contributed by atoms with Crippen molar-refractivity contribution in [2.45, 2.75) is 25.4 Å². The molecule has 3 aromatic rings. The van der Waals surface area contributed by atoms with Gasteiger partial charge in [-0.3, -0.25) is 4.79 Å². The Labute approximate surface area is 139 Å². The maximum atomic E-state index is 12.3. The SMILES string of the molecule is O=C(NCc1cccc(Cn2cncn2)c1)[C@H]1C[C@H]1c1ccco1. The van der Waals surface area contributed by atoms with Gasteiger partial charge in [0.05, 0.1) is 12.8 Å². The average molecular weight is 322 g/mol. The lowest BCUT2D eigenvalue weighted by molar-refractivity contribution is -0.122. The number of hydrogen-bond acceptors (Lipinski definition) is 4. The number of nitrogens with one attached hydrogen (secondary N) is 1. The summed E-state index contributed by atoms with van der Waals surface area (Å²) in [6.45, 7) is 1.20. The molecule has 2 heterocycles. The number of amides is 1. The van der Waals surface area contributed by atoms with Crippen LogP contribution >= 0.6 is 0 Å². The first-order chi connectivity index (χ1) is 11.8. The number of hydrogen-bond donors (Lipinski definition) is 1. The monoisotopic (exact) mass is 322 g/mol. The van der Waals surface area contributed by atoms with Gasteiger partial charge in [0, 0.05) is 18.4 Å². The van der Waals surface area contributed by atoms with E-state index in [4.69, 9.17) is 4.42 Å². The number of furan rings is 1. The molecule has 6 heteroatoms. The van der Waals surface area contributed by atoms with E-state index in [1.807, 2.05) is 30.3 Å². The highest BCUT2D eigenvalue weighted by Crippen LogP contribution is 2.47. The minimum atomic E-state index is 0.0366. The van der Waals surface area contributed by atoms with Crippen molar-refractivity contribution >= 4 is 5.91 Å². The van der Waals surface area contributed by atoms with Crippen LogP contribution in [-0.2, 0) is 17.9 Å². The van der Waals surface area contributed by atoms with Gasteiger partial charge in [0.25, 0.3) is 0 Å². The lowest BCUT2D eigenvalue weighted by Crippen LogP contribution is -2.24. The van der Waals surface area contributed by atoms with Crippen LogP contribution in [-0.4, -0.2) is 20.7 Å². The van der Waals surface area contributed by atoms with Gasteiger partial charge in [0.15, 0.2) is 0 Å². The van der Waals surface area contributed by atoms with Crippen LogP contribution in [0.15, 0.2) is 59.7 Å². The molecule has 1 fully saturated rings. The van der Waals surface area contributed by atoms with E-state index >= 15 is 0 Å². The molecule has 0 unspecified atom stereocenters. The summed E-state index contributed by atoms with van der Waals surface area (Å²) in [5.74, 6) is 1.27. The molecule has 1 aliphatic rings. The second-order valence-corrected chi connectivity index (χ2v) is 6.09. The first kappa shape index (κ1) is 14.7. The standard InChI is InChI=1S/C18H18N4O2/c23-18(16-8-15(16)17-5-2-6-24-17)20-9-13-3-1-4-14(7-13)10-22-12-19-11-21-22/h1-7,11-12,15-16H,8-10H2,(H,20,23)/t15-,16+/m1/s1. The van der Waals surface area contributed by atoms with Crippen molar-refractivity contribution in [3.63, 3.8) is 0 Å². The minimum absolute atomic E-state index is 0.0366. The third kappa shape index (κ3) is 3.22. The quantitative estimate of drug-likeness (QED) is 0.756. The van der Waals surface area contributed by atoms with Crippen LogP contribution in [0.3, 0.4) is 0 Å². The molecule has 2 aromatic heterocycles. The molecule has 24 heavy (non-hydrogen) atoms. The largest absolute Gasteiger partial charge is 0.469 e. The predicted molar refractivity (Wildman–Crippen MR) is 87.0 cm³/mol. The molecule has 1 amide bonds. The highest BCUT2D eigenvalue weighted by Gasteiger charge is 2.45. The molecule has 4 rings (SSSR count). The third-order valence-corrected chi connectivity index (χ3v) is 4.31. The summed E-state index contributed by atoms with van der Waals surface area (Å²) in [7, 11) is 0. The molecular weight excluding hydrogens is 304 g/mol. The Kier molecular flexibility index (Phi) is 3.86. The second kappa shape index (κ2) is 6.31. The minimum Gasteiger partial charge on any atom is -0.469 e. The van der Waals surface area contributed by atoms with E-state index in [0.717, 1.165) is 23.3 Å². The maximum Gasteiger partial charge on any atom is 0.224 e. The zero-order valence-electron chi connectivity index (χ0n) is 13.1. The molecule has 122 valence electrons. The molecule has 1 aromatic carbocycles. The first-order valence-corrected chi connectivity index (χ1v) is 8.01.